The fourth-order valence-electron chi connectivity index (χ4n) is 2.88. The molecule has 1 aliphatic carbocycles. The number of hydrogen-bond acceptors (Lipinski definition) is 3. The van der Waals surface area contributed by atoms with E-state index in [1.54, 1.807) is 18.2 Å². The Balaban J connectivity index is 1.69. The molecule has 118 valence electrons. The Morgan fingerprint density at radius 2 is 1.90 bits per heavy atom. The van der Waals surface area contributed by atoms with Gasteiger partial charge in [-0.1, -0.05) is 18.2 Å². The van der Waals surface area contributed by atoms with Crippen molar-refractivity contribution in [1.82, 2.24) is 5.32 Å². The molecule has 21 heavy (non-hydrogen) atoms. The van der Waals surface area contributed by atoms with Crippen molar-refractivity contribution in [3.63, 3.8) is 0 Å². The standard InChI is InChI=1S/C18H29NO2/c1-15(19-10-5-11-21-13-12-20-2)17-9-8-16-6-3-4-7-18(16)14-17/h8-9,14-15,19H,3-7,10-13H2,1-2H3. The van der Waals surface area contributed by atoms with Gasteiger partial charge in [0, 0.05) is 19.8 Å². The number of rotatable bonds is 9. The molecular weight excluding hydrogens is 262 g/mol. The van der Waals surface area contributed by atoms with Crippen LogP contribution in [0, 0.1) is 0 Å². The molecule has 0 spiro atoms. The Hall–Kier alpha value is -0.900. The molecule has 0 amide bonds. The first-order chi connectivity index (χ1) is 10.3. The van der Waals surface area contributed by atoms with Crippen LogP contribution in [0.25, 0.3) is 0 Å². The smallest absolute Gasteiger partial charge is 0.0700 e. The van der Waals surface area contributed by atoms with Crippen molar-refractivity contribution in [2.75, 3.05) is 33.5 Å². The second-order valence-corrected chi connectivity index (χ2v) is 5.87. The minimum Gasteiger partial charge on any atom is -0.382 e. The Kier molecular flexibility index (Phi) is 7.20. The number of fused-ring (bicyclic) bond motifs is 1. The molecule has 1 aromatic rings. The van der Waals surface area contributed by atoms with E-state index < -0.39 is 0 Å². The molecule has 0 bridgehead atoms. The molecule has 2 rings (SSSR count). The van der Waals surface area contributed by atoms with Crippen LogP contribution in [0.5, 0.6) is 0 Å². The van der Waals surface area contributed by atoms with E-state index in [0.29, 0.717) is 19.3 Å². The van der Waals surface area contributed by atoms with Gasteiger partial charge in [-0.3, -0.25) is 0 Å². The lowest BCUT2D eigenvalue weighted by molar-refractivity contribution is 0.0693. The summed E-state index contributed by atoms with van der Waals surface area (Å²) < 4.78 is 10.4. The predicted molar refractivity (Wildman–Crippen MR) is 86.8 cm³/mol. The summed E-state index contributed by atoms with van der Waals surface area (Å²) in [6.07, 6.45) is 6.25. The summed E-state index contributed by atoms with van der Waals surface area (Å²) in [5.74, 6) is 0. The lowest BCUT2D eigenvalue weighted by atomic mass is 9.89. The predicted octanol–water partition coefficient (Wildman–Crippen LogP) is 3.27. The van der Waals surface area contributed by atoms with Crippen molar-refractivity contribution in [2.24, 2.45) is 0 Å². The maximum atomic E-state index is 5.47. The SMILES string of the molecule is COCCOCCCNC(C)c1ccc2c(c1)CCCC2. The van der Waals surface area contributed by atoms with Crippen LogP contribution in [0.3, 0.4) is 0 Å². The zero-order chi connectivity index (χ0) is 14.9. The van der Waals surface area contributed by atoms with Crippen molar-refractivity contribution in [3.05, 3.63) is 34.9 Å². The Morgan fingerprint density at radius 1 is 1.10 bits per heavy atom. The second-order valence-electron chi connectivity index (χ2n) is 5.87. The van der Waals surface area contributed by atoms with E-state index in [2.05, 4.69) is 30.4 Å². The molecule has 3 nitrogen and oxygen atoms in total. The third-order valence-corrected chi connectivity index (χ3v) is 4.22. The number of benzene rings is 1. The summed E-state index contributed by atoms with van der Waals surface area (Å²) in [5.41, 5.74) is 4.54. The molecule has 0 saturated heterocycles. The summed E-state index contributed by atoms with van der Waals surface area (Å²) in [4.78, 5) is 0. The number of hydrogen-bond donors (Lipinski definition) is 1. The van der Waals surface area contributed by atoms with Gasteiger partial charge in [-0.2, -0.15) is 0 Å². The van der Waals surface area contributed by atoms with Crippen LogP contribution in [0.1, 0.15) is 48.9 Å². The number of methoxy groups -OCH3 is 1. The lowest BCUT2D eigenvalue weighted by Gasteiger charge is -2.20. The summed E-state index contributed by atoms with van der Waals surface area (Å²) in [5, 5.41) is 3.59. The number of ether oxygens (including phenoxy) is 2. The van der Waals surface area contributed by atoms with E-state index in [-0.39, 0.29) is 0 Å². The quantitative estimate of drug-likeness (QED) is 0.708. The maximum Gasteiger partial charge on any atom is 0.0700 e. The van der Waals surface area contributed by atoms with E-state index in [9.17, 15) is 0 Å². The highest BCUT2D eigenvalue weighted by Gasteiger charge is 2.11. The Morgan fingerprint density at radius 3 is 2.71 bits per heavy atom. The van der Waals surface area contributed by atoms with Gasteiger partial charge in [-0.25, -0.2) is 0 Å². The average Bonchev–Trinajstić information content (AvgIpc) is 2.53. The van der Waals surface area contributed by atoms with E-state index in [1.165, 1.54) is 31.2 Å². The monoisotopic (exact) mass is 291 g/mol. The van der Waals surface area contributed by atoms with Crippen molar-refractivity contribution < 1.29 is 9.47 Å². The van der Waals surface area contributed by atoms with Gasteiger partial charge in [0.2, 0.25) is 0 Å². The third kappa shape index (κ3) is 5.42. The first-order valence-electron chi connectivity index (χ1n) is 8.23. The Labute approximate surface area is 129 Å². The number of aryl methyl sites for hydroxylation is 2. The molecule has 3 heteroatoms. The van der Waals surface area contributed by atoms with Crippen molar-refractivity contribution in [3.8, 4) is 0 Å². The molecule has 1 N–H and O–H groups in total. The van der Waals surface area contributed by atoms with Gasteiger partial charge in [0.25, 0.3) is 0 Å². The van der Waals surface area contributed by atoms with Crippen LogP contribution in [0.2, 0.25) is 0 Å². The van der Waals surface area contributed by atoms with Crippen molar-refractivity contribution in [2.45, 2.75) is 45.1 Å². The minimum absolute atomic E-state index is 0.413. The number of nitrogens with one attached hydrogen (secondary N) is 1. The summed E-state index contributed by atoms with van der Waals surface area (Å²) in [7, 11) is 1.70. The molecule has 1 aromatic carbocycles. The Bertz CT molecular complexity index is 420. The molecule has 1 atom stereocenters. The molecule has 0 saturated carbocycles. The molecule has 1 unspecified atom stereocenters. The van der Waals surface area contributed by atoms with E-state index in [0.717, 1.165) is 19.6 Å². The summed E-state index contributed by atoms with van der Waals surface area (Å²) in [6.45, 7) is 5.41. The maximum absolute atomic E-state index is 5.47. The fourth-order valence-corrected chi connectivity index (χ4v) is 2.88. The van der Waals surface area contributed by atoms with Gasteiger partial charge in [-0.05, 0) is 62.3 Å². The van der Waals surface area contributed by atoms with Gasteiger partial charge in [-0.15, -0.1) is 0 Å². The van der Waals surface area contributed by atoms with Crippen LogP contribution in [-0.2, 0) is 22.3 Å². The van der Waals surface area contributed by atoms with Crippen LogP contribution in [-0.4, -0.2) is 33.5 Å². The molecule has 0 radical (unpaired) electrons. The van der Waals surface area contributed by atoms with Crippen LogP contribution >= 0.6 is 0 Å². The van der Waals surface area contributed by atoms with E-state index >= 15 is 0 Å². The highest BCUT2D eigenvalue weighted by atomic mass is 16.5. The molecule has 0 fully saturated rings. The van der Waals surface area contributed by atoms with Gasteiger partial charge in [0.05, 0.1) is 13.2 Å². The first-order valence-corrected chi connectivity index (χ1v) is 8.23. The van der Waals surface area contributed by atoms with E-state index in [1.807, 2.05) is 0 Å². The molecule has 0 aromatic heterocycles. The topological polar surface area (TPSA) is 30.5 Å². The van der Waals surface area contributed by atoms with Crippen LogP contribution < -0.4 is 5.32 Å². The van der Waals surface area contributed by atoms with Gasteiger partial charge in [0.15, 0.2) is 0 Å². The molecule has 0 heterocycles. The highest BCUT2D eigenvalue weighted by Crippen LogP contribution is 2.24. The van der Waals surface area contributed by atoms with Gasteiger partial charge >= 0.3 is 0 Å². The summed E-state index contributed by atoms with van der Waals surface area (Å²) >= 11 is 0. The van der Waals surface area contributed by atoms with Crippen LogP contribution in [0.15, 0.2) is 18.2 Å². The van der Waals surface area contributed by atoms with Crippen LogP contribution in [0.4, 0.5) is 0 Å². The third-order valence-electron chi connectivity index (χ3n) is 4.22. The fraction of sp³-hybridized carbons (Fsp3) is 0.667. The second kappa shape index (κ2) is 9.19. The zero-order valence-electron chi connectivity index (χ0n) is 13.5. The zero-order valence-corrected chi connectivity index (χ0v) is 13.5. The highest BCUT2D eigenvalue weighted by molar-refractivity contribution is 5.35. The minimum atomic E-state index is 0.413. The summed E-state index contributed by atoms with van der Waals surface area (Å²) in [6, 6.07) is 7.43. The first kappa shape index (κ1) is 16.5. The van der Waals surface area contributed by atoms with E-state index in [4.69, 9.17) is 9.47 Å². The average molecular weight is 291 g/mol. The molecule has 0 aliphatic heterocycles. The van der Waals surface area contributed by atoms with Crippen molar-refractivity contribution >= 4 is 0 Å². The molecular formula is C18H29NO2. The van der Waals surface area contributed by atoms with Gasteiger partial charge in [0.1, 0.15) is 0 Å². The largest absolute Gasteiger partial charge is 0.382 e. The lowest BCUT2D eigenvalue weighted by Crippen LogP contribution is -2.21. The normalized spacial score (nSPS) is 15.7. The molecule has 1 aliphatic rings. The van der Waals surface area contributed by atoms with Crippen molar-refractivity contribution in [1.29, 1.82) is 0 Å². The van der Waals surface area contributed by atoms with Gasteiger partial charge < -0.3 is 14.8 Å².